The molecule has 6 heteroatoms. The van der Waals surface area contributed by atoms with Gasteiger partial charge in [0.2, 0.25) is 5.91 Å². The second kappa shape index (κ2) is 10.6. The van der Waals surface area contributed by atoms with E-state index in [1.54, 1.807) is 12.0 Å². The fourth-order valence-electron chi connectivity index (χ4n) is 3.47. The molecule has 0 bridgehead atoms. The normalized spacial score (nSPS) is 14.4. The number of methoxy groups -OCH3 is 1. The number of rotatable bonds is 8. The van der Waals surface area contributed by atoms with Crippen LogP contribution >= 0.6 is 0 Å². The summed E-state index contributed by atoms with van der Waals surface area (Å²) in [5.41, 5.74) is 2.14. The predicted octanol–water partition coefficient (Wildman–Crippen LogP) is 2.77. The average Bonchev–Trinajstić information content (AvgIpc) is 2.77. The third-order valence-corrected chi connectivity index (χ3v) is 5.09. The van der Waals surface area contributed by atoms with Gasteiger partial charge in [-0.3, -0.25) is 9.59 Å². The van der Waals surface area contributed by atoms with Crippen LogP contribution in [0.3, 0.4) is 0 Å². The minimum Gasteiger partial charge on any atom is -0.484 e. The number of carbonyl (C=O) groups excluding carboxylic acids is 2. The first kappa shape index (κ1) is 20.9. The van der Waals surface area contributed by atoms with Crippen molar-refractivity contribution in [3.8, 4) is 5.75 Å². The van der Waals surface area contributed by atoms with Crippen LogP contribution in [0, 0.1) is 5.92 Å². The number of hydrogen-bond donors (Lipinski definition) is 1. The molecule has 0 saturated carbocycles. The van der Waals surface area contributed by atoms with Crippen molar-refractivity contribution in [3.05, 3.63) is 65.7 Å². The van der Waals surface area contributed by atoms with Gasteiger partial charge in [0, 0.05) is 32.7 Å². The highest BCUT2D eigenvalue weighted by Crippen LogP contribution is 2.18. The minimum absolute atomic E-state index is 0.0265. The van der Waals surface area contributed by atoms with Crippen molar-refractivity contribution in [1.82, 2.24) is 10.2 Å². The molecular weight excluding hydrogens is 368 g/mol. The number of hydrogen-bond acceptors (Lipinski definition) is 4. The molecule has 1 aliphatic rings. The molecule has 0 aromatic heterocycles. The summed E-state index contributed by atoms with van der Waals surface area (Å²) in [6, 6.07) is 17.3. The van der Waals surface area contributed by atoms with Crippen molar-refractivity contribution in [1.29, 1.82) is 0 Å². The van der Waals surface area contributed by atoms with E-state index in [0.717, 1.165) is 11.1 Å². The smallest absolute Gasteiger partial charge is 0.260 e. The third kappa shape index (κ3) is 6.32. The lowest BCUT2D eigenvalue weighted by Crippen LogP contribution is -2.44. The molecule has 1 N–H and O–H groups in total. The van der Waals surface area contributed by atoms with Gasteiger partial charge in [-0.1, -0.05) is 42.5 Å². The molecule has 3 rings (SSSR count). The number of piperidine rings is 1. The number of ether oxygens (including phenoxy) is 2. The van der Waals surface area contributed by atoms with Crippen LogP contribution in [0.25, 0.3) is 0 Å². The number of carbonyl (C=O) groups is 2. The number of nitrogens with one attached hydrogen (secondary N) is 1. The molecule has 1 aliphatic heterocycles. The van der Waals surface area contributed by atoms with Crippen molar-refractivity contribution < 1.29 is 19.1 Å². The molecule has 1 saturated heterocycles. The van der Waals surface area contributed by atoms with Crippen molar-refractivity contribution >= 4 is 11.8 Å². The molecule has 1 fully saturated rings. The first-order valence-electron chi connectivity index (χ1n) is 9.96. The quantitative estimate of drug-likeness (QED) is 0.745. The lowest BCUT2D eigenvalue weighted by molar-refractivity contribution is -0.137. The Hall–Kier alpha value is -2.86. The lowest BCUT2D eigenvalue weighted by atomic mass is 9.95. The summed E-state index contributed by atoms with van der Waals surface area (Å²) in [7, 11) is 1.67. The maximum Gasteiger partial charge on any atom is 0.260 e. The number of likely N-dealkylation sites (tertiary alicyclic amines) is 1. The van der Waals surface area contributed by atoms with E-state index >= 15 is 0 Å². The van der Waals surface area contributed by atoms with Gasteiger partial charge in [-0.25, -0.2) is 0 Å². The van der Waals surface area contributed by atoms with Crippen LogP contribution in [-0.2, 0) is 27.5 Å². The first-order valence-corrected chi connectivity index (χ1v) is 9.96. The summed E-state index contributed by atoms with van der Waals surface area (Å²) in [5, 5.41) is 3.02. The summed E-state index contributed by atoms with van der Waals surface area (Å²) in [6.45, 7) is 2.25. The van der Waals surface area contributed by atoms with E-state index in [1.807, 2.05) is 54.6 Å². The zero-order chi connectivity index (χ0) is 20.5. The van der Waals surface area contributed by atoms with Gasteiger partial charge in [0.25, 0.3) is 5.91 Å². The van der Waals surface area contributed by atoms with Gasteiger partial charge in [-0.05, 0) is 36.1 Å². The Balaban J connectivity index is 1.40. The standard InChI is InChI=1S/C23H28N2O4/c1-28-16-19-7-5-6-18(14-19)15-24-23(27)20-10-12-25(13-11-20)22(26)17-29-21-8-3-2-4-9-21/h2-9,14,20H,10-13,15-17H2,1H3,(H,24,27). The van der Waals surface area contributed by atoms with Crippen molar-refractivity contribution in [2.24, 2.45) is 5.92 Å². The van der Waals surface area contributed by atoms with Crippen molar-refractivity contribution in [2.45, 2.75) is 26.0 Å². The summed E-state index contributed by atoms with van der Waals surface area (Å²) in [4.78, 5) is 26.6. The van der Waals surface area contributed by atoms with Gasteiger partial charge < -0.3 is 19.7 Å². The van der Waals surface area contributed by atoms with Crippen LogP contribution in [0.1, 0.15) is 24.0 Å². The van der Waals surface area contributed by atoms with Gasteiger partial charge in [-0.2, -0.15) is 0 Å². The number of para-hydroxylation sites is 1. The van der Waals surface area contributed by atoms with Gasteiger partial charge in [0.15, 0.2) is 6.61 Å². The Morgan fingerprint density at radius 1 is 1.03 bits per heavy atom. The topological polar surface area (TPSA) is 67.9 Å². The van der Waals surface area contributed by atoms with E-state index in [0.29, 0.717) is 44.8 Å². The summed E-state index contributed by atoms with van der Waals surface area (Å²) >= 11 is 0. The molecule has 0 atom stereocenters. The summed E-state index contributed by atoms with van der Waals surface area (Å²) < 4.78 is 10.7. The Kier molecular flexibility index (Phi) is 7.64. The third-order valence-electron chi connectivity index (χ3n) is 5.09. The first-order chi connectivity index (χ1) is 14.2. The molecule has 0 unspecified atom stereocenters. The van der Waals surface area contributed by atoms with Gasteiger partial charge in [-0.15, -0.1) is 0 Å². The fourth-order valence-corrected chi connectivity index (χ4v) is 3.47. The minimum atomic E-state index is -0.0590. The Bertz CT molecular complexity index is 802. The molecule has 29 heavy (non-hydrogen) atoms. The molecule has 2 aromatic rings. The molecule has 0 aliphatic carbocycles. The summed E-state index contributed by atoms with van der Waals surface area (Å²) in [6.07, 6.45) is 1.35. The van der Waals surface area contributed by atoms with E-state index in [-0.39, 0.29) is 24.3 Å². The highest BCUT2D eigenvalue weighted by atomic mass is 16.5. The Morgan fingerprint density at radius 2 is 1.76 bits per heavy atom. The Labute approximate surface area is 171 Å². The molecule has 2 aromatic carbocycles. The van der Waals surface area contributed by atoms with E-state index in [9.17, 15) is 9.59 Å². The average molecular weight is 396 g/mol. The fraction of sp³-hybridized carbons (Fsp3) is 0.391. The largest absolute Gasteiger partial charge is 0.484 e. The van der Waals surface area contributed by atoms with Crippen molar-refractivity contribution in [2.75, 3.05) is 26.8 Å². The van der Waals surface area contributed by atoms with Crippen LogP contribution in [0.5, 0.6) is 5.75 Å². The molecule has 0 radical (unpaired) electrons. The van der Waals surface area contributed by atoms with Crippen LogP contribution in [0.4, 0.5) is 0 Å². The monoisotopic (exact) mass is 396 g/mol. The highest BCUT2D eigenvalue weighted by Gasteiger charge is 2.27. The lowest BCUT2D eigenvalue weighted by Gasteiger charge is -2.31. The Morgan fingerprint density at radius 3 is 2.48 bits per heavy atom. The second-order valence-corrected chi connectivity index (χ2v) is 7.23. The zero-order valence-corrected chi connectivity index (χ0v) is 16.8. The maximum absolute atomic E-state index is 12.5. The van der Waals surface area contributed by atoms with E-state index in [2.05, 4.69) is 5.32 Å². The summed E-state index contributed by atoms with van der Waals surface area (Å²) in [5.74, 6) is 0.637. The van der Waals surface area contributed by atoms with Gasteiger partial charge in [0.05, 0.1) is 6.61 Å². The molecule has 6 nitrogen and oxygen atoms in total. The highest BCUT2D eigenvalue weighted by molar-refractivity contribution is 5.80. The molecule has 154 valence electrons. The van der Waals surface area contributed by atoms with Crippen LogP contribution in [0.2, 0.25) is 0 Å². The number of amides is 2. The van der Waals surface area contributed by atoms with E-state index in [1.165, 1.54) is 0 Å². The van der Waals surface area contributed by atoms with Gasteiger partial charge in [0.1, 0.15) is 5.75 Å². The van der Waals surface area contributed by atoms with E-state index < -0.39 is 0 Å². The number of nitrogens with zero attached hydrogens (tertiary/aromatic N) is 1. The van der Waals surface area contributed by atoms with Gasteiger partial charge >= 0.3 is 0 Å². The zero-order valence-electron chi connectivity index (χ0n) is 16.8. The van der Waals surface area contributed by atoms with Crippen LogP contribution in [0.15, 0.2) is 54.6 Å². The number of benzene rings is 2. The maximum atomic E-state index is 12.5. The SMILES string of the molecule is COCc1cccc(CNC(=O)C2CCN(C(=O)COc3ccccc3)CC2)c1. The van der Waals surface area contributed by atoms with E-state index in [4.69, 9.17) is 9.47 Å². The molecule has 2 amide bonds. The molecule has 0 spiro atoms. The van der Waals surface area contributed by atoms with Crippen LogP contribution < -0.4 is 10.1 Å². The predicted molar refractivity (Wildman–Crippen MR) is 110 cm³/mol. The van der Waals surface area contributed by atoms with Crippen LogP contribution in [-0.4, -0.2) is 43.5 Å². The molecular formula is C23H28N2O4. The second-order valence-electron chi connectivity index (χ2n) is 7.23. The van der Waals surface area contributed by atoms with Crippen molar-refractivity contribution in [3.63, 3.8) is 0 Å². The molecule has 1 heterocycles.